The first-order valence-corrected chi connectivity index (χ1v) is 6.96. The molecule has 0 spiro atoms. The SMILES string of the molecule is O=C(NCc1ccccc1)NCC1CCCC1CO. The van der Waals surface area contributed by atoms with Crippen molar-refractivity contribution in [3.8, 4) is 0 Å². The van der Waals surface area contributed by atoms with Gasteiger partial charge in [0, 0.05) is 19.7 Å². The van der Waals surface area contributed by atoms with E-state index in [4.69, 9.17) is 0 Å². The van der Waals surface area contributed by atoms with E-state index in [-0.39, 0.29) is 12.6 Å². The van der Waals surface area contributed by atoms with Crippen molar-refractivity contribution in [3.63, 3.8) is 0 Å². The number of amides is 2. The van der Waals surface area contributed by atoms with Gasteiger partial charge in [0.1, 0.15) is 0 Å². The second kappa shape index (κ2) is 7.14. The van der Waals surface area contributed by atoms with Crippen molar-refractivity contribution in [1.82, 2.24) is 10.6 Å². The summed E-state index contributed by atoms with van der Waals surface area (Å²) in [5.41, 5.74) is 1.09. The molecular formula is C15H22N2O2. The normalized spacial score (nSPS) is 22.2. The molecule has 2 rings (SSSR count). The zero-order valence-corrected chi connectivity index (χ0v) is 11.1. The Kier molecular flexibility index (Phi) is 5.21. The molecule has 19 heavy (non-hydrogen) atoms. The summed E-state index contributed by atoms with van der Waals surface area (Å²) < 4.78 is 0. The number of rotatable bonds is 5. The van der Waals surface area contributed by atoms with E-state index in [2.05, 4.69) is 10.6 Å². The van der Waals surface area contributed by atoms with Gasteiger partial charge in [-0.15, -0.1) is 0 Å². The highest BCUT2D eigenvalue weighted by Crippen LogP contribution is 2.30. The van der Waals surface area contributed by atoms with Crippen LogP contribution in [0, 0.1) is 11.8 Å². The fourth-order valence-electron chi connectivity index (χ4n) is 2.69. The van der Waals surface area contributed by atoms with Gasteiger partial charge in [-0.3, -0.25) is 0 Å². The third-order valence-corrected chi connectivity index (χ3v) is 3.87. The Morgan fingerprint density at radius 1 is 1.16 bits per heavy atom. The summed E-state index contributed by atoms with van der Waals surface area (Å²) in [5.74, 6) is 0.780. The first kappa shape index (κ1) is 13.9. The molecule has 0 aliphatic heterocycles. The Morgan fingerprint density at radius 2 is 1.89 bits per heavy atom. The Balaban J connectivity index is 1.67. The largest absolute Gasteiger partial charge is 0.396 e. The maximum absolute atomic E-state index is 11.7. The van der Waals surface area contributed by atoms with Gasteiger partial charge in [-0.1, -0.05) is 36.8 Å². The van der Waals surface area contributed by atoms with Crippen LogP contribution < -0.4 is 10.6 Å². The van der Waals surface area contributed by atoms with E-state index in [1.165, 1.54) is 0 Å². The molecule has 4 nitrogen and oxygen atoms in total. The lowest BCUT2D eigenvalue weighted by molar-refractivity contribution is 0.190. The van der Waals surface area contributed by atoms with Crippen molar-refractivity contribution in [3.05, 3.63) is 35.9 Å². The van der Waals surface area contributed by atoms with Crippen LogP contribution in [0.1, 0.15) is 24.8 Å². The molecule has 1 aliphatic rings. The van der Waals surface area contributed by atoms with E-state index in [1.54, 1.807) is 0 Å². The van der Waals surface area contributed by atoms with Crippen molar-refractivity contribution < 1.29 is 9.90 Å². The molecular weight excluding hydrogens is 240 g/mol. The minimum atomic E-state index is -0.132. The van der Waals surface area contributed by atoms with Crippen molar-refractivity contribution >= 4 is 6.03 Å². The number of urea groups is 1. The topological polar surface area (TPSA) is 61.4 Å². The van der Waals surface area contributed by atoms with E-state index in [0.29, 0.717) is 24.9 Å². The number of nitrogens with one attached hydrogen (secondary N) is 2. The van der Waals surface area contributed by atoms with Crippen LogP contribution in [-0.4, -0.2) is 24.3 Å². The van der Waals surface area contributed by atoms with E-state index in [1.807, 2.05) is 30.3 Å². The molecule has 1 saturated carbocycles. The number of carbonyl (C=O) groups excluding carboxylic acids is 1. The average molecular weight is 262 g/mol. The molecule has 1 fully saturated rings. The van der Waals surface area contributed by atoms with Crippen LogP contribution in [0.5, 0.6) is 0 Å². The first-order chi connectivity index (χ1) is 9.29. The van der Waals surface area contributed by atoms with Gasteiger partial charge in [-0.25, -0.2) is 4.79 Å². The summed E-state index contributed by atoms with van der Waals surface area (Å²) in [6, 6.07) is 9.71. The summed E-state index contributed by atoms with van der Waals surface area (Å²) in [7, 11) is 0. The predicted molar refractivity (Wildman–Crippen MR) is 74.6 cm³/mol. The lowest BCUT2D eigenvalue weighted by Gasteiger charge is -2.18. The number of hydrogen-bond donors (Lipinski definition) is 3. The van der Waals surface area contributed by atoms with Gasteiger partial charge >= 0.3 is 6.03 Å². The van der Waals surface area contributed by atoms with Gasteiger partial charge in [0.15, 0.2) is 0 Å². The molecule has 3 N–H and O–H groups in total. The Labute approximate surface area is 114 Å². The molecule has 2 amide bonds. The lowest BCUT2D eigenvalue weighted by Crippen LogP contribution is -2.38. The van der Waals surface area contributed by atoms with E-state index < -0.39 is 0 Å². The predicted octanol–water partition coefficient (Wildman–Crippen LogP) is 1.89. The summed E-state index contributed by atoms with van der Waals surface area (Å²) in [6.45, 7) is 1.44. The van der Waals surface area contributed by atoms with Crippen molar-refractivity contribution in [2.45, 2.75) is 25.8 Å². The fourth-order valence-corrected chi connectivity index (χ4v) is 2.69. The average Bonchev–Trinajstić information content (AvgIpc) is 2.91. The van der Waals surface area contributed by atoms with Crippen LogP contribution in [0.25, 0.3) is 0 Å². The molecule has 104 valence electrons. The lowest BCUT2D eigenvalue weighted by atomic mass is 9.97. The molecule has 1 aliphatic carbocycles. The van der Waals surface area contributed by atoms with E-state index in [0.717, 1.165) is 24.8 Å². The van der Waals surface area contributed by atoms with Gasteiger partial charge in [-0.05, 0) is 30.2 Å². The van der Waals surface area contributed by atoms with Gasteiger partial charge < -0.3 is 15.7 Å². The summed E-state index contributed by atoms with van der Waals surface area (Å²) >= 11 is 0. The van der Waals surface area contributed by atoms with Crippen LogP contribution in [-0.2, 0) is 6.54 Å². The quantitative estimate of drug-likeness (QED) is 0.759. The minimum Gasteiger partial charge on any atom is -0.396 e. The summed E-state index contributed by atoms with van der Waals surface area (Å²) in [6.07, 6.45) is 3.34. The van der Waals surface area contributed by atoms with Gasteiger partial charge in [-0.2, -0.15) is 0 Å². The fraction of sp³-hybridized carbons (Fsp3) is 0.533. The first-order valence-electron chi connectivity index (χ1n) is 6.96. The van der Waals surface area contributed by atoms with Crippen LogP contribution in [0.4, 0.5) is 4.79 Å². The third kappa shape index (κ3) is 4.24. The number of aliphatic hydroxyl groups excluding tert-OH is 1. The Hall–Kier alpha value is -1.55. The number of hydrogen-bond acceptors (Lipinski definition) is 2. The highest BCUT2D eigenvalue weighted by atomic mass is 16.3. The smallest absolute Gasteiger partial charge is 0.315 e. The van der Waals surface area contributed by atoms with Crippen LogP contribution in [0.2, 0.25) is 0 Å². The zero-order valence-electron chi connectivity index (χ0n) is 11.1. The maximum atomic E-state index is 11.7. The van der Waals surface area contributed by atoms with Gasteiger partial charge in [0.05, 0.1) is 0 Å². The van der Waals surface area contributed by atoms with Gasteiger partial charge in [0.25, 0.3) is 0 Å². The van der Waals surface area contributed by atoms with Crippen molar-refractivity contribution in [2.75, 3.05) is 13.2 Å². The van der Waals surface area contributed by atoms with E-state index in [9.17, 15) is 9.90 Å². The van der Waals surface area contributed by atoms with Gasteiger partial charge in [0.2, 0.25) is 0 Å². The molecule has 0 saturated heterocycles. The molecule has 0 heterocycles. The maximum Gasteiger partial charge on any atom is 0.315 e. The number of carbonyl (C=O) groups is 1. The Morgan fingerprint density at radius 3 is 2.63 bits per heavy atom. The second-order valence-electron chi connectivity index (χ2n) is 5.18. The van der Waals surface area contributed by atoms with Crippen molar-refractivity contribution in [2.24, 2.45) is 11.8 Å². The van der Waals surface area contributed by atoms with Crippen LogP contribution >= 0.6 is 0 Å². The number of aliphatic hydroxyl groups is 1. The monoisotopic (exact) mass is 262 g/mol. The highest BCUT2D eigenvalue weighted by molar-refractivity contribution is 5.73. The third-order valence-electron chi connectivity index (χ3n) is 3.87. The molecule has 0 bridgehead atoms. The molecule has 2 unspecified atom stereocenters. The minimum absolute atomic E-state index is 0.132. The van der Waals surface area contributed by atoms with Crippen LogP contribution in [0.3, 0.4) is 0 Å². The number of benzene rings is 1. The molecule has 1 aromatic carbocycles. The molecule has 1 aromatic rings. The standard InChI is InChI=1S/C15H22N2O2/c18-11-14-8-4-7-13(14)10-17-15(19)16-9-12-5-2-1-3-6-12/h1-3,5-6,13-14,18H,4,7-11H2,(H2,16,17,19). The van der Waals surface area contributed by atoms with Crippen molar-refractivity contribution in [1.29, 1.82) is 0 Å². The second-order valence-corrected chi connectivity index (χ2v) is 5.18. The molecule has 0 aromatic heterocycles. The molecule has 0 radical (unpaired) electrons. The highest BCUT2D eigenvalue weighted by Gasteiger charge is 2.26. The molecule has 2 atom stereocenters. The Bertz CT molecular complexity index is 394. The zero-order chi connectivity index (χ0) is 13.5. The van der Waals surface area contributed by atoms with E-state index >= 15 is 0 Å². The summed E-state index contributed by atoms with van der Waals surface area (Å²) in [4.78, 5) is 11.7. The summed E-state index contributed by atoms with van der Waals surface area (Å²) in [5, 5.41) is 15.0. The van der Waals surface area contributed by atoms with Crippen LogP contribution in [0.15, 0.2) is 30.3 Å². The molecule has 4 heteroatoms.